The molecule has 7 nitrogen and oxygen atoms in total. The summed E-state index contributed by atoms with van der Waals surface area (Å²) in [6.07, 6.45) is 2.45. The largest absolute Gasteiger partial charge is 0.508 e. The van der Waals surface area contributed by atoms with Gasteiger partial charge in [0.25, 0.3) is 0 Å². The minimum atomic E-state index is -0.308. The molecule has 0 saturated carbocycles. The monoisotopic (exact) mass is 387 g/mol. The van der Waals surface area contributed by atoms with E-state index in [9.17, 15) is 9.50 Å². The van der Waals surface area contributed by atoms with Gasteiger partial charge in [0.15, 0.2) is 17.6 Å². The van der Waals surface area contributed by atoms with E-state index in [2.05, 4.69) is 20.6 Å². The third kappa shape index (κ3) is 4.82. The number of hydrogen-bond acceptors (Lipinski definition) is 5. The van der Waals surface area contributed by atoms with E-state index < -0.39 is 0 Å². The zero-order valence-electron chi connectivity index (χ0n) is 16.2. The summed E-state index contributed by atoms with van der Waals surface area (Å²) in [7, 11) is 1.58. The quantitative estimate of drug-likeness (QED) is 0.521. The second-order valence-electron chi connectivity index (χ2n) is 6.57. The van der Waals surface area contributed by atoms with E-state index in [0.29, 0.717) is 42.7 Å². The fraction of sp³-hybridized carbons (Fsp3) is 0.400. The summed E-state index contributed by atoms with van der Waals surface area (Å²) < 4.78 is 19.2. The minimum Gasteiger partial charge on any atom is -0.508 e. The fourth-order valence-electron chi connectivity index (χ4n) is 3.17. The third-order valence-electron chi connectivity index (χ3n) is 4.61. The van der Waals surface area contributed by atoms with Crippen molar-refractivity contribution >= 4 is 11.8 Å². The van der Waals surface area contributed by atoms with Crippen molar-refractivity contribution in [2.24, 2.45) is 4.99 Å². The van der Waals surface area contributed by atoms with Gasteiger partial charge >= 0.3 is 0 Å². The average Bonchev–Trinajstić information content (AvgIpc) is 3.16. The van der Waals surface area contributed by atoms with Crippen molar-refractivity contribution in [1.29, 1.82) is 0 Å². The summed E-state index contributed by atoms with van der Waals surface area (Å²) in [6, 6.07) is 8.21. The Hall–Kier alpha value is -3.03. The Morgan fingerprint density at radius 2 is 2.29 bits per heavy atom. The van der Waals surface area contributed by atoms with Crippen LogP contribution >= 0.6 is 0 Å². The number of aromatic nitrogens is 1. The van der Waals surface area contributed by atoms with Crippen LogP contribution in [0.3, 0.4) is 0 Å². The predicted molar refractivity (Wildman–Crippen MR) is 107 cm³/mol. The van der Waals surface area contributed by atoms with E-state index in [1.54, 1.807) is 37.6 Å². The van der Waals surface area contributed by atoms with Crippen molar-refractivity contribution < 1.29 is 14.2 Å². The highest BCUT2D eigenvalue weighted by molar-refractivity contribution is 5.80. The first-order chi connectivity index (χ1) is 13.6. The zero-order valence-corrected chi connectivity index (χ0v) is 16.2. The second kappa shape index (κ2) is 9.25. The molecule has 2 heterocycles. The lowest BCUT2D eigenvalue weighted by Crippen LogP contribution is -2.44. The zero-order chi connectivity index (χ0) is 19.9. The number of rotatable bonds is 6. The molecule has 150 valence electrons. The van der Waals surface area contributed by atoms with Gasteiger partial charge in [-0.1, -0.05) is 0 Å². The summed E-state index contributed by atoms with van der Waals surface area (Å²) in [6.45, 7) is 4.37. The molecular weight excluding hydrogens is 361 g/mol. The Labute approximate surface area is 164 Å². The van der Waals surface area contributed by atoms with Crippen LogP contribution in [0.2, 0.25) is 0 Å². The van der Waals surface area contributed by atoms with Gasteiger partial charge in [-0.25, -0.2) is 14.4 Å². The highest BCUT2D eigenvalue weighted by atomic mass is 19.1. The molecule has 1 unspecified atom stereocenters. The van der Waals surface area contributed by atoms with Crippen LogP contribution in [0.15, 0.2) is 41.5 Å². The number of pyridine rings is 1. The van der Waals surface area contributed by atoms with Crippen molar-refractivity contribution in [3.05, 3.63) is 47.9 Å². The van der Waals surface area contributed by atoms with Gasteiger partial charge in [0.2, 0.25) is 0 Å². The molecule has 1 saturated heterocycles. The van der Waals surface area contributed by atoms with Crippen molar-refractivity contribution in [1.82, 2.24) is 15.6 Å². The molecule has 0 radical (unpaired) electrons. The van der Waals surface area contributed by atoms with Crippen molar-refractivity contribution in [2.75, 3.05) is 31.6 Å². The van der Waals surface area contributed by atoms with Crippen LogP contribution in [-0.2, 0) is 6.54 Å². The molecule has 0 amide bonds. The van der Waals surface area contributed by atoms with E-state index in [1.165, 1.54) is 6.07 Å². The van der Waals surface area contributed by atoms with E-state index in [1.807, 2.05) is 11.8 Å². The Kier molecular flexibility index (Phi) is 6.52. The molecule has 1 fully saturated rings. The lowest BCUT2D eigenvalue weighted by molar-refractivity contribution is 0.411. The number of halogens is 1. The van der Waals surface area contributed by atoms with Crippen LogP contribution in [0.4, 0.5) is 10.2 Å². The Morgan fingerprint density at radius 3 is 3.04 bits per heavy atom. The summed E-state index contributed by atoms with van der Waals surface area (Å²) in [4.78, 5) is 10.7. The number of guanidine groups is 1. The Balaban J connectivity index is 1.65. The summed E-state index contributed by atoms with van der Waals surface area (Å²) in [5.74, 6) is 1.58. The molecule has 0 aliphatic carbocycles. The molecule has 3 N–H and O–H groups in total. The minimum absolute atomic E-state index is 0.123. The molecule has 1 aromatic heterocycles. The SMILES string of the molecule is CCNC(=NCc1cc(OC)ccc1O)NC1CCN(c2ncccc2F)C1. The standard InChI is InChI=1S/C20H26FN5O2/c1-3-22-20(24-12-14-11-16(28-2)6-7-18(14)27)25-15-8-10-26(13-15)19-17(21)5-4-9-23-19/h4-7,9,11,15,27H,3,8,10,12-13H2,1-2H3,(H2,22,24,25). The van der Waals surface area contributed by atoms with E-state index in [-0.39, 0.29) is 17.6 Å². The first-order valence-corrected chi connectivity index (χ1v) is 9.37. The summed E-state index contributed by atoms with van der Waals surface area (Å²) in [5.41, 5.74) is 0.681. The Morgan fingerprint density at radius 1 is 1.43 bits per heavy atom. The fourth-order valence-corrected chi connectivity index (χ4v) is 3.17. The third-order valence-corrected chi connectivity index (χ3v) is 4.61. The molecule has 1 atom stereocenters. The summed E-state index contributed by atoms with van der Waals surface area (Å²) >= 11 is 0. The first kappa shape index (κ1) is 19.7. The smallest absolute Gasteiger partial charge is 0.191 e. The molecule has 1 aliphatic heterocycles. The van der Waals surface area contributed by atoms with Crippen molar-refractivity contribution in [3.63, 3.8) is 0 Å². The number of nitrogens with zero attached hydrogens (tertiary/aromatic N) is 3. The lowest BCUT2D eigenvalue weighted by atomic mass is 10.2. The van der Waals surface area contributed by atoms with Gasteiger partial charge in [0.05, 0.1) is 13.7 Å². The van der Waals surface area contributed by atoms with Crippen LogP contribution in [-0.4, -0.2) is 48.8 Å². The maximum Gasteiger partial charge on any atom is 0.191 e. The van der Waals surface area contributed by atoms with Gasteiger partial charge in [-0.05, 0) is 43.7 Å². The molecule has 1 aliphatic rings. The van der Waals surface area contributed by atoms with Gasteiger partial charge in [0, 0.05) is 37.4 Å². The van der Waals surface area contributed by atoms with Crippen LogP contribution in [0.25, 0.3) is 0 Å². The number of aromatic hydroxyl groups is 1. The normalized spacial score (nSPS) is 16.9. The van der Waals surface area contributed by atoms with Crippen molar-refractivity contribution in [3.8, 4) is 11.5 Å². The molecule has 3 rings (SSSR count). The molecule has 28 heavy (non-hydrogen) atoms. The maximum absolute atomic E-state index is 14.0. The first-order valence-electron chi connectivity index (χ1n) is 9.37. The number of ether oxygens (including phenoxy) is 1. The number of nitrogens with one attached hydrogen (secondary N) is 2. The van der Waals surface area contributed by atoms with Gasteiger partial charge in [-0.2, -0.15) is 0 Å². The van der Waals surface area contributed by atoms with E-state index in [4.69, 9.17) is 4.74 Å². The van der Waals surface area contributed by atoms with Crippen LogP contribution in [0.5, 0.6) is 11.5 Å². The number of benzene rings is 1. The topological polar surface area (TPSA) is 82.0 Å². The molecule has 0 spiro atoms. The molecule has 1 aromatic carbocycles. The molecule has 0 bridgehead atoms. The molecular formula is C20H26FN5O2. The number of phenolic OH excluding ortho intramolecular Hbond substituents is 1. The van der Waals surface area contributed by atoms with Crippen molar-refractivity contribution in [2.45, 2.75) is 25.9 Å². The van der Waals surface area contributed by atoms with Crippen LogP contribution in [0.1, 0.15) is 18.9 Å². The van der Waals surface area contributed by atoms with E-state index >= 15 is 0 Å². The Bertz CT molecular complexity index is 830. The lowest BCUT2D eigenvalue weighted by Gasteiger charge is -2.20. The highest BCUT2D eigenvalue weighted by Crippen LogP contribution is 2.24. The molecule has 8 heteroatoms. The maximum atomic E-state index is 14.0. The number of phenols is 1. The number of methoxy groups -OCH3 is 1. The van der Waals surface area contributed by atoms with Gasteiger partial charge < -0.3 is 25.4 Å². The van der Waals surface area contributed by atoms with Crippen LogP contribution < -0.4 is 20.3 Å². The average molecular weight is 387 g/mol. The highest BCUT2D eigenvalue weighted by Gasteiger charge is 2.25. The van der Waals surface area contributed by atoms with Gasteiger partial charge in [-0.15, -0.1) is 0 Å². The summed E-state index contributed by atoms with van der Waals surface area (Å²) in [5, 5.41) is 16.6. The predicted octanol–water partition coefficient (Wildman–Crippen LogP) is 2.27. The molecule has 2 aromatic rings. The van der Waals surface area contributed by atoms with Gasteiger partial charge in [-0.3, -0.25) is 0 Å². The number of aliphatic imine (C=N–C) groups is 1. The number of anilines is 1. The van der Waals surface area contributed by atoms with Crippen LogP contribution in [0, 0.1) is 5.82 Å². The number of hydrogen-bond donors (Lipinski definition) is 3. The van der Waals surface area contributed by atoms with E-state index in [0.717, 1.165) is 13.0 Å². The van der Waals surface area contributed by atoms with Gasteiger partial charge in [0.1, 0.15) is 11.5 Å². The second-order valence-corrected chi connectivity index (χ2v) is 6.57.